The van der Waals surface area contributed by atoms with Crippen LogP contribution in [0.15, 0.2) is 12.7 Å². The molecule has 2 unspecified atom stereocenters. The van der Waals surface area contributed by atoms with E-state index in [1.807, 2.05) is 6.08 Å². The lowest BCUT2D eigenvalue weighted by Gasteiger charge is -2.29. The van der Waals surface area contributed by atoms with E-state index >= 15 is 0 Å². The van der Waals surface area contributed by atoms with E-state index < -0.39 is 0 Å². The maximum atomic E-state index is 3.63. The molecule has 0 nitrogen and oxygen atoms in total. The Morgan fingerprint density at radius 3 is 1.78 bits per heavy atom. The predicted molar refractivity (Wildman–Crippen MR) is 82.9 cm³/mol. The van der Waals surface area contributed by atoms with Crippen LogP contribution in [0.1, 0.15) is 90.4 Å². The molecule has 2 rings (SSSR count). The van der Waals surface area contributed by atoms with Gasteiger partial charge in [-0.15, -0.1) is 6.58 Å². The lowest BCUT2D eigenvalue weighted by molar-refractivity contribution is 0.224. The van der Waals surface area contributed by atoms with E-state index in [4.69, 9.17) is 0 Å². The van der Waals surface area contributed by atoms with Crippen molar-refractivity contribution >= 4 is 0 Å². The van der Waals surface area contributed by atoms with Crippen molar-refractivity contribution in [3.05, 3.63) is 12.7 Å². The summed E-state index contributed by atoms with van der Waals surface area (Å²) in [6.45, 7) is 5.84. The third-order valence-electron chi connectivity index (χ3n) is 4.73. The van der Waals surface area contributed by atoms with Crippen LogP contribution in [0.5, 0.6) is 0 Å². The van der Waals surface area contributed by atoms with Crippen LogP contribution in [0.25, 0.3) is 0 Å². The predicted octanol–water partition coefficient (Wildman–Crippen LogP) is 6.51. The Labute approximate surface area is 115 Å². The van der Waals surface area contributed by atoms with E-state index in [0.29, 0.717) is 0 Å². The Hall–Kier alpha value is -0.260. The fourth-order valence-electron chi connectivity index (χ4n) is 3.57. The van der Waals surface area contributed by atoms with Gasteiger partial charge in [0, 0.05) is 0 Å². The number of unbranched alkanes of at least 4 members (excludes halogenated alkanes) is 3. The van der Waals surface area contributed by atoms with Crippen molar-refractivity contribution < 1.29 is 0 Å². The quantitative estimate of drug-likeness (QED) is 0.394. The molecule has 0 aromatic carbocycles. The standard InChI is InChI=1S/C11H20.C7H14/c1-2-6-10-8-4-5-9-11(10)7-3-1;1-3-5-7-6-4-2/h10-11H,1-9H2;3H,1,4-7H2,2H3. The van der Waals surface area contributed by atoms with Crippen molar-refractivity contribution in [2.75, 3.05) is 0 Å². The molecule has 106 valence electrons. The zero-order valence-electron chi connectivity index (χ0n) is 12.6. The highest BCUT2D eigenvalue weighted by atomic mass is 14.3. The molecular formula is C18H34. The van der Waals surface area contributed by atoms with Crippen molar-refractivity contribution in [3.63, 3.8) is 0 Å². The summed E-state index contributed by atoms with van der Waals surface area (Å²) in [5, 5.41) is 0. The first-order chi connectivity index (χ1) is 8.88. The normalized spacial score (nSPS) is 27.4. The zero-order valence-corrected chi connectivity index (χ0v) is 12.6. The minimum absolute atomic E-state index is 1.14. The van der Waals surface area contributed by atoms with E-state index in [2.05, 4.69) is 13.5 Å². The molecule has 0 heteroatoms. The van der Waals surface area contributed by atoms with Crippen LogP contribution in [-0.4, -0.2) is 0 Å². The van der Waals surface area contributed by atoms with Gasteiger partial charge in [0.1, 0.15) is 0 Å². The fourth-order valence-corrected chi connectivity index (χ4v) is 3.57. The van der Waals surface area contributed by atoms with Gasteiger partial charge in [0.05, 0.1) is 0 Å². The molecule has 0 aliphatic heterocycles. The molecule has 0 amide bonds. The van der Waals surface area contributed by atoms with Gasteiger partial charge in [0.15, 0.2) is 0 Å². The summed E-state index contributed by atoms with van der Waals surface area (Å²) in [4.78, 5) is 0. The van der Waals surface area contributed by atoms with Crippen LogP contribution < -0.4 is 0 Å². The maximum absolute atomic E-state index is 3.63. The second-order valence-corrected chi connectivity index (χ2v) is 6.23. The second kappa shape index (κ2) is 10.6. The van der Waals surface area contributed by atoms with Crippen LogP contribution in [0.2, 0.25) is 0 Å². The van der Waals surface area contributed by atoms with Gasteiger partial charge < -0.3 is 0 Å². The molecular weight excluding hydrogens is 216 g/mol. The first-order valence-corrected chi connectivity index (χ1v) is 8.49. The molecule has 2 fully saturated rings. The zero-order chi connectivity index (χ0) is 13.1. The Morgan fingerprint density at radius 1 is 0.833 bits per heavy atom. The smallest absolute Gasteiger partial charge is 0.0353 e. The molecule has 0 heterocycles. The van der Waals surface area contributed by atoms with Gasteiger partial charge in [-0.3, -0.25) is 0 Å². The van der Waals surface area contributed by atoms with Gasteiger partial charge >= 0.3 is 0 Å². The summed E-state index contributed by atoms with van der Waals surface area (Å²) in [6.07, 6.45) is 21.0. The second-order valence-electron chi connectivity index (χ2n) is 6.23. The molecule has 0 radical (unpaired) electrons. The summed E-state index contributed by atoms with van der Waals surface area (Å²) < 4.78 is 0. The number of hydrogen-bond acceptors (Lipinski definition) is 0. The lowest BCUT2D eigenvalue weighted by atomic mass is 9.77. The third-order valence-corrected chi connectivity index (χ3v) is 4.73. The molecule has 0 bridgehead atoms. The molecule has 0 aromatic rings. The third kappa shape index (κ3) is 6.61. The Balaban J connectivity index is 0.000000203. The maximum Gasteiger partial charge on any atom is -0.0353 e. The highest BCUT2D eigenvalue weighted by Gasteiger charge is 2.25. The van der Waals surface area contributed by atoms with Gasteiger partial charge in [-0.25, -0.2) is 0 Å². The summed E-state index contributed by atoms with van der Waals surface area (Å²) in [7, 11) is 0. The summed E-state index contributed by atoms with van der Waals surface area (Å²) in [5.41, 5.74) is 0. The van der Waals surface area contributed by atoms with Gasteiger partial charge in [-0.1, -0.05) is 83.6 Å². The first-order valence-electron chi connectivity index (χ1n) is 8.49. The van der Waals surface area contributed by atoms with Crippen molar-refractivity contribution in [1.82, 2.24) is 0 Å². The molecule has 2 saturated carbocycles. The van der Waals surface area contributed by atoms with Crippen molar-refractivity contribution in [2.45, 2.75) is 90.4 Å². The summed E-state index contributed by atoms with van der Waals surface area (Å²) in [6, 6.07) is 0. The van der Waals surface area contributed by atoms with E-state index in [-0.39, 0.29) is 0 Å². The molecule has 0 aromatic heterocycles. The van der Waals surface area contributed by atoms with Gasteiger partial charge in [-0.05, 0) is 24.7 Å². The van der Waals surface area contributed by atoms with Crippen LogP contribution in [-0.2, 0) is 0 Å². The fraction of sp³-hybridized carbons (Fsp3) is 0.889. The minimum Gasteiger partial charge on any atom is -0.103 e. The van der Waals surface area contributed by atoms with E-state index in [1.165, 1.54) is 57.8 Å². The Kier molecular flexibility index (Phi) is 9.34. The lowest BCUT2D eigenvalue weighted by Crippen LogP contribution is -2.17. The average molecular weight is 250 g/mol. The number of fused-ring (bicyclic) bond motifs is 1. The average Bonchev–Trinajstić information content (AvgIpc) is 2.65. The van der Waals surface area contributed by atoms with Gasteiger partial charge in [0.25, 0.3) is 0 Å². The molecule has 2 atom stereocenters. The van der Waals surface area contributed by atoms with E-state index in [9.17, 15) is 0 Å². The molecule has 0 saturated heterocycles. The SMILES string of the molecule is C1CCC2CCCCC2CC1.C=CCCCCC. The number of allylic oxidation sites excluding steroid dienone is 1. The first kappa shape index (κ1) is 15.8. The van der Waals surface area contributed by atoms with E-state index in [0.717, 1.165) is 11.8 Å². The Bertz CT molecular complexity index is 180. The van der Waals surface area contributed by atoms with Crippen molar-refractivity contribution in [3.8, 4) is 0 Å². The highest BCUT2D eigenvalue weighted by molar-refractivity contribution is 4.77. The molecule has 0 N–H and O–H groups in total. The molecule has 18 heavy (non-hydrogen) atoms. The van der Waals surface area contributed by atoms with Crippen LogP contribution in [0, 0.1) is 11.8 Å². The Morgan fingerprint density at radius 2 is 1.33 bits per heavy atom. The van der Waals surface area contributed by atoms with Gasteiger partial charge in [-0.2, -0.15) is 0 Å². The largest absolute Gasteiger partial charge is 0.103 e. The minimum atomic E-state index is 1.14. The molecule has 2 aliphatic rings. The van der Waals surface area contributed by atoms with Crippen LogP contribution in [0.4, 0.5) is 0 Å². The summed E-state index contributed by atoms with van der Waals surface area (Å²) >= 11 is 0. The molecule has 0 spiro atoms. The van der Waals surface area contributed by atoms with Crippen molar-refractivity contribution in [2.24, 2.45) is 11.8 Å². The summed E-state index contributed by atoms with van der Waals surface area (Å²) in [5.74, 6) is 2.29. The number of rotatable bonds is 4. The topological polar surface area (TPSA) is 0 Å². The highest BCUT2D eigenvalue weighted by Crippen LogP contribution is 2.38. The van der Waals surface area contributed by atoms with Crippen LogP contribution in [0.3, 0.4) is 0 Å². The van der Waals surface area contributed by atoms with E-state index in [1.54, 1.807) is 25.7 Å². The number of hydrogen-bond donors (Lipinski definition) is 0. The van der Waals surface area contributed by atoms with Crippen molar-refractivity contribution in [1.29, 1.82) is 0 Å². The molecule has 2 aliphatic carbocycles. The van der Waals surface area contributed by atoms with Gasteiger partial charge in [0.2, 0.25) is 0 Å². The van der Waals surface area contributed by atoms with Crippen LogP contribution >= 0.6 is 0 Å². The monoisotopic (exact) mass is 250 g/mol.